The molecule has 2 aromatic carbocycles. The van der Waals surface area contributed by atoms with Gasteiger partial charge in [-0.05, 0) is 36.6 Å². The van der Waals surface area contributed by atoms with Crippen LogP contribution in [0.2, 0.25) is 0 Å². The van der Waals surface area contributed by atoms with Gasteiger partial charge >= 0.3 is 0 Å². The van der Waals surface area contributed by atoms with Gasteiger partial charge in [0.25, 0.3) is 0 Å². The summed E-state index contributed by atoms with van der Waals surface area (Å²) in [5.74, 6) is 0.528. The van der Waals surface area contributed by atoms with Gasteiger partial charge in [0, 0.05) is 30.7 Å². The third-order valence-electron chi connectivity index (χ3n) is 4.12. The number of nitrogens with two attached hydrogens (primary N) is 1. The molecule has 0 spiro atoms. The summed E-state index contributed by atoms with van der Waals surface area (Å²) in [5.41, 5.74) is 10.3. The van der Waals surface area contributed by atoms with Gasteiger partial charge in [0.1, 0.15) is 0 Å². The fourth-order valence-electron chi connectivity index (χ4n) is 3.14. The van der Waals surface area contributed by atoms with Crippen molar-refractivity contribution in [3.63, 3.8) is 0 Å². The van der Waals surface area contributed by atoms with Crippen LogP contribution >= 0.6 is 0 Å². The molecule has 0 aromatic heterocycles. The van der Waals surface area contributed by atoms with E-state index in [2.05, 4.69) is 66.4 Å². The molecule has 20 heavy (non-hydrogen) atoms. The van der Waals surface area contributed by atoms with Gasteiger partial charge in [0.15, 0.2) is 0 Å². The molecule has 2 unspecified atom stereocenters. The Kier molecular flexibility index (Phi) is 3.75. The molecule has 0 radical (unpaired) electrons. The molecule has 1 aliphatic rings. The molecule has 0 saturated carbocycles. The zero-order valence-electron chi connectivity index (χ0n) is 12.0. The molecular weight excluding hydrogens is 244 g/mol. The van der Waals surface area contributed by atoms with E-state index in [4.69, 9.17) is 5.73 Å². The number of rotatable bonds is 2. The first-order chi connectivity index (χ1) is 9.72. The summed E-state index contributed by atoms with van der Waals surface area (Å²) in [6, 6.07) is 19.7. The number of aryl methyl sites for hydroxylation is 1. The lowest BCUT2D eigenvalue weighted by Crippen LogP contribution is -2.46. The average Bonchev–Trinajstić information content (AvgIpc) is 2.47. The molecule has 104 valence electrons. The van der Waals surface area contributed by atoms with Gasteiger partial charge in [-0.25, -0.2) is 0 Å². The highest BCUT2D eigenvalue weighted by molar-refractivity contribution is 5.49. The highest BCUT2D eigenvalue weighted by Crippen LogP contribution is 2.29. The van der Waals surface area contributed by atoms with Crippen molar-refractivity contribution in [3.8, 4) is 0 Å². The maximum Gasteiger partial charge on any atom is 0.0369 e. The maximum absolute atomic E-state index is 6.29. The molecule has 1 fully saturated rings. The third kappa shape index (κ3) is 2.86. The number of hydrogen-bond acceptors (Lipinski definition) is 2. The molecule has 1 saturated heterocycles. The Morgan fingerprint density at radius 3 is 2.55 bits per heavy atom. The minimum Gasteiger partial charge on any atom is -0.369 e. The second-order valence-corrected chi connectivity index (χ2v) is 5.85. The Hall–Kier alpha value is -1.80. The number of hydrogen-bond donors (Lipinski definition) is 1. The third-order valence-corrected chi connectivity index (χ3v) is 4.12. The fraction of sp³-hybridized carbons (Fsp3) is 0.333. The average molecular weight is 266 g/mol. The van der Waals surface area contributed by atoms with E-state index in [-0.39, 0.29) is 6.04 Å². The summed E-state index contributed by atoms with van der Waals surface area (Å²) in [6.45, 7) is 4.15. The minimum absolute atomic E-state index is 0.245. The first kappa shape index (κ1) is 13.2. The van der Waals surface area contributed by atoms with Crippen LogP contribution in [0.25, 0.3) is 0 Å². The van der Waals surface area contributed by atoms with Gasteiger partial charge in [-0.15, -0.1) is 0 Å². The Balaban J connectivity index is 1.83. The van der Waals surface area contributed by atoms with E-state index in [0.717, 1.165) is 19.5 Å². The molecule has 2 aromatic rings. The molecule has 1 aliphatic heterocycles. The zero-order valence-corrected chi connectivity index (χ0v) is 12.0. The molecule has 0 amide bonds. The number of anilines is 1. The Bertz CT molecular complexity index is 565. The monoisotopic (exact) mass is 266 g/mol. The van der Waals surface area contributed by atoms with Gasteiger partial charge in [-0.1, -0.05) is 42.5 Å². The van der Waals surface area contributed by atoms with Gasteiger partial charge in [0.2, 0.25) is 0 Å². The van der Waals surface area contributed by atoms with E-state index in [1.807, 2.05) is 0 Å². The van der Waals surface area contributed by atoms with Crippen LogP contribution in [0.1, 0.15) is 23.5 Å². The standard InChI is InChI=1S/C18H22N2/c1-14-6-5-9-18(10-14)20-12-16(11-17(19)13-20)15-7-3-2-4-8-15/h2-10,16-17H,11-13,19H2,1H3. The SMILES string of the molecule is Cc1cccc(N2CC(N)CC(c3ccccc3)C2)c1. The smallest absolute Gasteiger partial charge is 0.0369 e. The van der Waals surface area contributed by atoms with E-state index in [1.54, 1.807) is 0 Å². The molecule has 2 heteroatoms. The number of benzene rings is 2. The molecule has 2 nitrogen and oxygen atoms in total. The quantitative estimate of drug-likeness (QED) is 0.903. The van der Waals surface area contributed by atoms with Crippen LogP contribution in [-0.2, 0) is 0 Å². The van der Waals surface area contributed by atoms with Gasteiger partial charge in [-0.2, -0.15) is 0 Å². The summed E-state index contributed by atoms with van der Waals surface area (Å²) >= 11 is 0. The topological polar surface area (TPSA) is 29.3 Å². The van der Waals surface area contributed by atoms with Crippen LogP contribution in [0.5, 0.6) is 0 Å². The summed E-state index contributed by atoms with van der Waals surface area (Å²) in [7, 11) is 0. The highest BCUT2D eigenvalue weighted by atomic mass is 15.2. The van der Waals surface area contributed by atoms with Crippen molar-refractivity contribution in [2.45, 2.75) is 25.3 Å². The molecule has 3 rings (SSSR count). The van der Waals surface area contributed by atoms with Crippen molar-refractivity contribution in [2.75, 3.05) is 18.0 Å². The first-order valence-corrected chi connectivity index (χ1v) is 7.34. The summed E-state index contributed by atoms with van der Waals surface area (Å²) in [5, 5.41) is 0. The van der Waals surface area contributed by atoms with Gasteiger partial charge in [0.05, 0.1) is 0 Å². The van der Waals surface area contributed by atoms with Crippen LogP contribution in [0, 0.1) is 6.92 Å². The van der Waals surface area contributed by atoms with Gasteiger partial charge in [-0.3, -0.25) is 0 Å². The Morgan fingerprint density at radius 1 is 1.00 bits per heavy atom. The Labute approximate surface area is 121 Å². The number of nitrogens with zero attached hydrogens (tertiary/aromatic N) is 1. The van der Waals surface area contributed by atoms with Crippen molar-refractivity contribution in [1.29, 1.82) is 0 Å². The van der Waals surface area contributed by atoms with Crippen LogP contribution in [-0.4, -0.2) is 19.1 Å². The van der Waals surface area contributed by atoms with Crippen molar-refractivity contribution >= 4 is 5.69 Å². The van der Waals surface area contributed by atoms with Crippen molar-refractivity contribution in [2.24, 2.45) is 5.73 Å². The predicted molar refractivity (Wildman–Crippen MR) is 85.2 cm³/mol. The molecule has 1 heterocycles. The second-order valence-electron chi connectivity index (χ2n) is 5.85. The van der Waals surface area contributed by atoms with Crippen LogP contribution < -0.4 is 10.6 Å². The van der Waals surface area contributed by atoms with E-state index < -0.39 is 0 Å². The highest BCUT2D eigenvalue weighted by Gasteiger charge is 2.26. The van der Waals surface area contributed by atoms with Crippen LogP contribution in [0.3, 0.4) is 0 Å². The van der Waals surface area contributed by atoms with E-state index in [1.165, 1.54) is 16.8 Å². The lowest BCUT2D eigenvalue weighted by molar-refractivity contribution is 0.454. The largest absolute Gasteiger partial charge is 0.369 e. The summed E-state index contributed by atoms with van der Waals surface area (Å²) in [6.07, 6.45) is 1.08. The molecule has 2 N–H and O–H groups in total. The zero-order chi connectivity index (χ0) is 13.9. The molecule has 0 bridgehead atoms. The fourth-order valence-corrected chi connectivity index (χ4v) is 3.14. The second kappa shape index (κ2) is 5.68. The van der Waals surface area contributed by atoms with E-state index >= 15 is 0 Å². The van der Waals surface area contributed by atoms with Gasteiger partial charge < -0.3 is 10.6 Å². The summed E-state index contributed by atoms with van der Waals surface area (Å²) < 4.78 is 0. The molecule has 2 atom stereocenters. The lowest BCUT2D eigenvalue weighted by Gasteiger charge is -2.38. The first-order valence-electron chi connectivity index (χ1n) is 7.34. The molecule has 0 aliphatic carbocycles. The van der Waals surface area contributed by atoms with Crippen molar-refractivity contribution in [1.82, 2.24) is 0 Å². The Morgan fingerprint density at radius 2 is 1.80 bits per heavy atom. The van der Waals surface area contributed by atoms with Crippen molar-refractivity contribution < 1.29 is 0 Å². The van der Waals surface area contributed by atoms with E-state index in [0.29, 0.717) is 5.92 Å². The normalized spacial score (nSPS) is 22.8. The number of piperidine rings is 1. The van der Waals surface area contributed by atoms with Crippen LogP contribution in [0.15, 0.2) is 54.6 Å². The lowest BCUT2D eigenvalue weighted by atomic mass is 9.88. The maximum atomic E-state index is 6.29. The summed E-state index contributed by atoms with van der Waals surface area (Å²) in [4.78, 5) is 2.43. The van der Waals surface area contributed by atoms with Crippen LogP contribution in [0.4, 0.5) is 5.69 Å². The predicted octanol–water partition coefficient (Wildman–Crippen LogP) is 3.32. The minimum atomic E-state index is 0.245. The van der Waals surface area contributed by atoms with Crippen molar-refractivity contribution in [3.05, 3.63) is 65.7 Å². The molecular formula is C18H22N2. The van der Waals surface area contributed by atoms with E-state index in [9.17, 15) is 0 Å².